The van der Waals surface area contributed by atoms with Gasteiger partial charge in [-0.25, -0.2) is 4.79 Å². The van der Waals surface area contributed by atoms with Crippen LogP contribution in [0, 0.1) is 5.92 Å². The maximum Gasteiger partial charge on any atom is 0.408 e. The van der Waals surface area contributed by atoms with Crippen molar-refractivity contribution in [3.05, 3.63) is 10.6 Å². The third kappa shape index (κ3) is 8.21. The van der Waals surface area contributed by atoms with E-state index in [2.05, 4.69) is 21.2 Å². The van der Waals surface area contributed by atoms with Crippen molar-refractivity contribution < 1.29 is 14.6 Å². The average Bonchev–Trinajstić information content (AvgIpc) is 2.13. The van der Waals surface area contributed by atoms with E-state index in [1.165, 1.54) is 0 Å². The lowest BCUT2D eigenvalue weighted by molar-refractivity contribution is 0.0503. The smallest absolute Gasteiger partial charge is 0.408 e. The van der Waals surface area contributed by atoms with Gasteiger partial charge < -0.3 is 15.2 Å². The van der Waals surface area contributed by atoms with Crippen molar-refractivity contribution >= 4 is 22.0 Å². The van der Waals surface area contributed by atoms with Crippen LogP contribution >= 0.6 is 15.9 Å². The molecule has 0 aromatic carbocycles. The molecule has 0 aliphatic carbocycles. The Bertz CT molecular complexity index is 282. The summed E-state index contributed by atoms with van der Waals surface area (Å²) >= 11 is 3.22. The van der Waals surface area contributed by atoms with Gasteiger partial charge in [0.05, 0.1) is 12.6 Å². The van der Waals surface area contributed by atoms with Crippen LogP contribution in [-0.4, -0.2) is 29.4 Å². The van der Waals surface area contributed by atoms with Gasteiger partial charge in [-0.2, -0.15) is 0 Å². The number of nitrogens with one attached hydrogen (secondary N) is 1. The van der Waals surface area contributed by atoms with Crippen LogP contribution in [0.1, 0.15) is 34.6 Å². The van der Waals surface area contributed by atoms with E-state index in [1.54, 1.807) is 6.08 Å². The van der Waals surface area contributed by atoms with Gasteiger partial charge in [-0.05, 0) is 32.8 Å². The van der Waals surface area contributed by atoms with Gasteiger partial charge in [0.1, 0.15) is 5.60 Å². The minimum atomic E-state index is -0.510. The number of aliphatic hydroxyl groups is 1. The number of alkyl carbamates (subject to hydrolysis) is 1. The fraction of sp³-hybridized carbons (Fsp3) is 0.750. The fourth-order valence-electron chi connectivity index (χ4n) is 1.09. The van der Waals surface area contributed by atoms with Crippen LogP contribution in [-0.2, 0) is 4.74 Å². The molecule has 0 radical (unpaired) electrons. The number of carbonyl (C=O) groups excluding carboxylic acids is 1. The molecule has 1 atom stereocenters. The molecule has 0 saturated carbocycles. The summed E-state index contributed by atoms with van der Waals surface area (Å²) in [7, 11) is 0. The number of rotatable bonds is 4. The molecule has 0 aliphatic heterocycles. The molecule has 0 unspecified atom stereocenters. The van der Waals surface area contributed by atoms with Crippen LogP contribution in [0.2, 0.25) is 0 Å². The summed E-state index contributed by atoms with van der Waals surface area (Å²) in [5.41, 5.74) is -0.510. The maximum atomic E-state index is 11.6. The first-order valence-electron chi connectivity index (χ1n) is 5.62. The molecule has 0 bridgehead atoms. The second kappa shape index (κ2) is 7.01. The van der Waals surface area contributed by atoms with Crippen LogP contribution in [0.4, 0.5) is 4.79 Å². The summed E-state index contributed by atoms with van der Waals surface area (Å²) in [6.07, 6.45) is 1.32. The van der Waals surface area contributed by atoms with Gasteiger partial charge in [-0.3, -0.25) is 0 Å². The van der Waals surface area contributed by atoms with Gasteiger partial charge >= 0.3 is 6.09 Å². The van der Waals surface area contributed by atoms with E-state index in [9.17, 15) is 4.79 Å². The van der Waals surface area contributed by atoms with Gasteiger partial charge in [-0.1, -0.05) is 29.8 Å². The molecule has 1 amide bonds. The van der Waals surface area contributed by atoms with E-state index in [0.29, 0.717) is 4.48 Å². The summed E-state index contributed by atoms with van der Waals surface area (Å²) in [4.78, 5) is 11.6. The first-order valence-corrected chi connectivity index (χ1v) is 6.41. The van der Waals surface area contributed by atoms with Crippen LogP contribution in [0.15, 0.2) is 10.6 Å². The van der Waals surface area contributed by atoms with Crippen LogP contribution < -0.4 is 5.32 Å². The Labute approximate surface area is 112 Å². The highest BCUT2D eigenvalue weighted by Crippen LogP contribution is 2.12. The molecular weight excluding hydrogens is 286 g/mol. The SMILES string of the molecule is CC(C)[C@@H](/C=C(\Br)CO)NC(=O)OC(C)(C)C. The molecule has 0 aromatic heterocycles. The Kier molecular flexibility index (Phi) is 6.78. The predicted octanol–water partition coefficient (Wildman–Crippen LogP) is 2.81. The van der Waals surface area contributed by atoms with Gasteiger partial charge in [0, 0.05) is 4.48 Å². The number of hydrogen-bond acceptors (Lipinski definition) is 3. The summed E-state index contributed by atoms with van der Waals surface area (Å²) < 4.78 is 5.82. The van der Waals surface area contributed by atoms with Crippen molar-refractivity contribution in [2.24, 2.45) is 5.92 Å². The molecule has 100 valence electrons. The van der Waals surface area contributed by atoms with Crippen molar-refractivity contribution in [2.75, 3.05) is 6.61 Å². The van der Waals surface area contributed by atoms with E-state index in [0.717, 1.165) is 0 Å². The molecule has 0 heterocycles. The summed E-state index contributed by atoms with van der Waals surface area (Å²) in [6.45, 7) is 9.33. The number of halogens is 1. The molecule has 0 rings (SSSR count). The van der Waals surface area contributed by atoms with Gasteiger partial charge in [0.2, 0.25) is 0 Å². The summed E-state index contributed by atoms with van der Waals surface area (Å²) in [6, 6.07) is -0.175. The lowest BCUT2D eigenvalue weighted by Gasteiger charge is -2.24. The highest BCUT2D eigenvalue weighted by Gasteiger charge is 2.20. The van der Waals surface area contributed by atoms with Gasteiger partial charge in [0.15, 0.2) is 0 Å². The molecule has 0 spiro atoms. The van der Waals surface area contributed by atoms with Crippen molar-refractivity contribution in [3.63, 3.8) is 0 Å². The standard InChI is InChI=1S/C12H22BrNO3/c1-8(2)10(6-9(13)7-15)14-11(16)17-12(3,4)5/h6,8,10,15H,7H2,1-5H3,(H,14,16)/b9-6-/t10-/m1/s1. The minimum Gasteiger partial charge on any atom is -0.444 e. The monoisotopic (exact) mass is 307 g/mol. The Morgan fingerprint density at radius 1 is 1.47 bits per heavy atom. The van der Waals surface area contributed by atoms with E-state index in [1.807, 2.05) is 34.6 Å². The van der Waals surface area contributed by atoms with E-state index >= 15 is 0 Å². The Morgan fingerprint density at radius 3 is 2.35 bits per heavy atom. The van der Waals surface area contributed by atoms with Gasteiger partial charge in [0.25, 0.3) is 0 Å². The van der Waals surface area contributed by atoms with Crippen LogP contribution in [0.25, 0.3) is 0 Å². The zero-order valence-corrected chi connectivity index (χ0v) is 12.7. The first-order chi connectivity index (χ1) is 7.65. The van der Waals surface area contributed by atoms with Crippen LogP contribution in [0.5, 0.6) is 0 Å². The first kappa shape index (κ1) is 16.4. The van der Waals surface area contributed by atoms with Gasteiger partial charge in [-0.15, -0.1) is 0 Å². The highest BCUT2D eigenvalue weighted by atomic mass is 79.9. The largest absolute Gasteiger partial charge is 0.444 e. The lowest BCUT2D eigenvalue weighted by Crippen LogP contribution is -2.40. The maximum absolute atomic E-state index is 11.6. The topological polar surface area (TPSA) is 58.6 Å². The predicted molar refractivity (Wildman–Crippen MR) is 72.1 cm³/mol. The molecule has 5 heteroatoms. The second-order valence-corrected chi connectivity index (χ2v) is 6.21. The number of hydrogen-bond donors (Lipinski definition) is 2. The number of aliphatic hydroxyl groups excluding tert-OH is 1. The second-order valence-electron chi connectivity index (χ2n) is 5.19. The average molecular weight is 308 g/mol. The van der Waals surface area contributed by atoms with Crippen molar-refractivity contribution in [1.29, 1.82) is 0 Å². The molecule has 0 aromatic rings. The summed E-state index contributed by atoms with van der Waals surface area (Å²) in [5.74, 6) is 0.210. The third-order valence-electron chi connectivity index (χ3n) is 1.91. The molecule has 17 heavy (non-hydrogen) atoms. The number of carbonyl (C=O) groups is 1. The third-order valence-corrected chi connectivity index (χ3v) is 2.43. The Hall–Kier alpha value is -0.550. The quantitative estimate of drug-likeness (QED) is 0.839. The van der Waals surface area contributed by atoms with Crippen molar-refractivity contribution in [3.8, 4) is 0 Å². The fourth-order valence-corrected chi connectivity index (χ4v) is 1.38. The Balaban J connectivity index is 4.52. The number of ether oxygens (including phenoxy) is 1. The number of amides is 1. The zero-order chi connectivity index (χ0) is 13.6. The van der Waals surface area contributed by atoms with Crippen LogP contribution in [0.3, 0.4) is 0 Å². The molecular formula is C12H22BrNO3. The lowest BCUT2D eigenvalue weighted by atomic mass is 10.0. The Morgan fingerprint density at radius 2 is 2.00 bits per heavy atom. The minimum absolute atomic E-state index is 0.0841. The summed E-state index contributed by atoms with van der Waals surface area (Å²) in [5, 5.41) is 11.7. The van der Waals surface area contributed by atoms with E-state index in [4.69, 9.17) is 9.84 Å². The molecule has 0 fully saturated rings. The van der Waals surface area contributed by atoms with Crippen molar-refractivity contribution in [2.45, 2.75) is 46.3 Å². The normalized spacial score (nSPS) is 14.7. The molecule has 4 nitrogen and oxygen atoms in total. The molecule has 0 saturated heterocycles. The zero-order valence-electron chi connectivity index (χ0n) is 11.1. The molecule has 0 aliphatic rings. The van der Waals surface area contributed by atoms with E-state index < -0.39 is 11.7 Å². The molecule has 2 N–H and O–H groups in total. The highest BCUT2D eigenvalue weighted by molar-refractivity contribution is 9.11. The van der Waals surface area contributed by atoms with Crippen molar-refractivity contribution in [1.82, 2.24) is 5.32 Å². The van der Waals surface area contributed by atoms with E-state index in [-0.39, 0.29) is 18.6 Å².